The fourth-order valence-electron chi connectivity index (χ4n) is 1.17. The molecule has 4 heteroatoms. The number of thioether (sulfide) groups is 1. The minimum absolute atomic E-state index is 0.185. The lowest BCUT2D eigenvalue weighted by molar-refractivity contribution is -0.142. The molecule has 0 saturated heterocycles. The van der Waals surface area contributed by atoms with Crippen LogP contribution in [0.2, 0.25) is 0 Å². The Balaban J connectivity index is 2.73. The van der Waals surface area contributed by atoms with Crippen molar-refractivity contribution in [1.82, 2.24) is 0 Å². The van der Waals surface area contributed by atoms with Crippen LogP contribution in [0.5, 0.6) is 0 Å². The molecule has 0 aliphatic carbocycles. The Hall–Kier alpha value is -0.480. The summed E-state index contributed by atoms with van der Waals surface area (Å²) in [5.74, 6) is -0.185. The van der Waals surface area contributed by atoms with E-state index in [1.807, 2.05) is 31.4 Å². The second-order valence-corrected chi connectivity index (χ2v) is 4.67. The molecule has 0 fully saturated rings. The molecule has 15 heavy (non-hydrogen) atoms. The van der Waals surface area contributed by atoms with Gasteiger partial charge in [-0.2, -0.15) is 0 Å². The number of carbonyl (C=O) groups excluding carboxylic acids is 1. The van der Waals surface area contributed by atoms with Gasteiger partial charge in [0.25, 0.3) is 0 Å². The van der Waals surface area contributed by atoms with Crippen molar-refractivity contribution in [1.29, 1.82) is 0 Å². The van der Waals surface area contributed by atoms with Gasteiger partial charge < -0.3 is 4.74 Å². The summed E-state index contributed by atoms with van der Waals surface area (Å²) in [7, 11) is 0. The molecule has 0 heterocycles. The van der Waals surface area contributed by atoms with Crippen molar-refractivity contribution in [3.05, 3.63) is 28.2 Å². The number of rotatable bonds is 4. The summed E-state index contributed by atoms with van der Waals surface area (Å²) in [4.78, 5) is 12.4. The minimum Gasteiger partial charge on any atom is -0.466 e. The molecule has 0 aromatic heterocycles. The van der Waals surface area contributed by atoms with Gasteiger partial charge in [-0.05, 0) is 30.9 Å². The monoisotopic (exact) mass is 288 g/mol. The Kier molecular flexibility index (Phi) is 5.19. The Morgan fingerprint density at radius 1 is 1.53 bits per heavy atom. The van der Waals surface area contributed by atoms with Gasteiger partial charge in [-0.3, -0.25) is 4.79 Å². The minimum atomic E-state index is -0.185. The third-order valence-electron chi connectivity index (χ3n) is 1.90. The van der Waals surface area contributed by atoms with Crippen LogP contribution in [0.4, 0.5) is 0 Å². The predicted octanol–water partition coefficient (Wildman–Crippen LogP) is 3.28. The molecule has 82 valence electrons. The van der Waals surface area contributed by atoms with Crippen LogP contribution in [-0.2, 0) is 16.0 Å². The molecule has 1 rings (SSSR count). The third kappa shape index (κ3) is 3.87. The van der Waals surface area contributed by atoms with Crippen LogP contribution >= 0.6 is 27.7 Å². The van der Waals surface area contributed by atoms with Gasteiger partial charge in [-0.15, -0.1) is 11.8 Å². The average molecular weight is 289 g/mol. The van der Waals surface area contributed by atoms with Crippen molar-refractivity contribution in [2.45, 2.75) is 18.2 Å². The molecule has 0 radical (unpaired) electrons. The zero-order valence-corrected chi connectivity index (χ0v) is 11.2. The molecular weight excluding hydrogens is 276 g/mol. The van der Waals surface area contributed by atoms with Crippen molar-refractivity contribution >= 4 is 33.7 Å². The van der Waals surface area contributed by atoms with Gasteiger partial charge in [0.1, 0.15) is 0 Å². The Morgan fingerprint density at radius 3 is 2.80 bits per heavy atom. The Bertz CT molecular complexity index is 352. The molecule has 0 atom stereocenters. The van der Waals surface area contributed by atoms with Crippen LogP contribution in [-0.4, -0.2) is 18.8 Å². The van der Waals surface area contributed by atoms with Crippen molar-refractivity contribution in [3.63, 3.8) is 0 Å². The summed E-state index contributed by atoms with van der Waals surface area (Å²) in [5, 5.41) is 0. The van der Waals surface area contributed by atoms with Gasteiger partial charge in [0.15, 0.2) is 0 Å². The number of hydrogen-bond acceptors (Lipinski definition) is 3. The second kappa shape index (κ2) is 6.18. The molecule has 0 aliphatic rings. The summed E-state index contributed by atoms with van der Waals surface area (Å²) in [6.07, 6.45) is 2.34. The van der Waals surface area contributed by atoms with E-state index < -0.39 is 0 Å². The van der Waals surface area contributed by atoms with E-state index in [0.717, 1.165) is 10.0 Å². The van der Waals surface area contributed by atoms with Crippen LogP contribution in [0.15, 0.2) is 27.6 Å². The molecule has 1 aromatic rings. The van der Waals surface area contributed by atoms with Gasteiger partial charge in [0, 0.05) is 9.37 Å². The van der Waals surface area contributed by atoms with Crippen LogP contribution in [0.3, 0.4) is 0 Å². The smallest absolute Gasteiger partial charge is 0.310 e. The molecule has 0 N–H and O–H groups in total. The zero-order chi connectivity index (χ0) is 11.3. The Morgan fingerprint density at radius 2 is 2.27 bits per heavy atom. The number of esters is 1. The maximum Gasteiger partial charge on any atom is 0.310 e. The molecule has 0 unspecified atom stereocenters. The lowest BCUT2D eigenvalue weighted by Crippen LogP contribution is -2.07. The van der Waals surface area contributed by atoms with Gasteiger partial charge in [-0.25, -0.2) is 0 Å². The summed E-state index contributed by atoms with van der Waals surface area (Å²) < 4.78 is 5.85. The van der Waals surface area contributed by atoms with Gasteiger partial charge in [-0.1, -0.05) is 22.0 Å². The number of ether oxygens (including phenoxy) is 1. The molecule has 0 aliphatic heterocycles. The Labute approximate surface area is 103 Å². The van der Waals surface area contributed by atoms with E-state index in [1.165, 1.54) is 4.90 Å². The largest absolute Gasteiger partial charge is 0.466 e. The van der Waals surface area contributed by atoms with E-state index in [2.05, 4.69) is 15.9 Å². The first-order valence-electron chi connectivity index (χ1n) is 4.65. The predicted molar refractivity (Wildman–Crippen MR) is 66.3 cm³/mol. The molecule has 0 bridgehead atoms. The van der Waals surface area contributed by atoms with E-state index in [0.29, 0.717) is 13.0 Å². The van der Waals surface area contributed by atoms with Crippen LogP contribution in [0.25, 0.3) is 0 Å². The van der Waals surface area contributed by atoms with Gasteiger partial charge in [0.05, 0.1) is 13.0 Å². The summed E-state index contributed by atoms with van der Waals surface area (Å²) in [6, 6.07) is 5.97. The topological polar surface area (TPSA) is 26.3 Å². The van der Waals surface area contributed by atoms with Crippen molar-refractivity contribution in [2.24, 2.45) is 0 Å². The van der Waals surface area contributed by atoms with Gasteiger partial charge in [0.2, 0.25) is 0 Å². The SMILES string of the molecule is CCOC(=O)Cc1ccc(SC)cc1Br. The highest BCUT2D eigenvalue weighted by molar-refractivity contribution is 9.10. The fourth-order valence-corrected chi connectivity index (χ4v) is 2.28. The number of hydrogen-bond donors (Lipinski definition) is 0. The summed E-state index contributed by atoms with van der Waals surface area (Å²) in [5.41, 5.74) is 0.964. The van der Waals surface area contributed by atoms with E-state index in [1.54, 1.807) is 11.8 Å². The van der Waals surface area contributed by atoms with Crippen LogP contribution in [0.1, 0.15) is 12.5 Å². The highest BCUT2D eigenvalue weighted by atomic mass is 79.9. The second-order valence-electron chi connectivity index (χ2n) is 2.94. The molecule has 1 aromatic carbocycles. The number of benzene rings is 1. The zero-order valence-electron chi connectivity index (χ0n) is 8.75. The standard InChI is InChI=1S/C11H13BrO2S/c1-3-14-11(13)6-8-4-5-9(15-2)7-10(8)12/h4-5,7H,3,6H2,1-2H3. The van der Waals surface area contributed by atoms with E-state index >= 15 is 0 Å². The first kappa shape index (κ1) is 12.6. The van der Waals surface area contributed by atoms with Crippen LogP contribution in [0, 0.1) is 0 Å². The number of halogens is 1. The maximum absolute atomic E-state index is 11.3. The lowest BCUT2D eigenvalue weighted by Gasteiger charge is -2.05. The molecule has 2 nitrogen and oxygen atoms in total. The quantitative estimate of drug-likeness (QED) is 0.628. The summed E-state index contributed by atoms with van der Waals surface area (Å²) >= 11 is 5.12. The van der Waals surface area contributed by atoms with E-state index in [9.17, 15) is 4.79 Å². The summed E-state index contributed by atoms with van der Waals surface area (Å²) in [6.45, 7) is 2.24. The molecular formula is C11H13BrO2S. The highest BCUT2D eigenvalue weighted by Crippen LogP contribution is 2.24. The fraction of sp³-hybridized carbons (Fsp3) is 0.364. The van der Waals surface area contributed by atoms with Crippen molar-refractivity contribution in [2.75, 3.05) is 12.9 Å². The van der Waals surface area contributed by atoms with E-state index in [-0.39, 0.29) is 5.97 Å². The van der Waals surface area contributed by atoms with Gasteiger partial charge >= 0.3 is 5.97 Å². The van der Waals surface area contributed by atoms with Crippen LogP contribution < -0.4 is 0 Å². The number of carbonyl (C=O) groups is 1. The lowest BCUT2D eigenvalue weighted by atomic mass is 10.1. The highest BCUT2D eigenvalue weighted by Gasteiger charge is 2.07. The van der Waals surface area contributed by atoms with E-state index in [4.69, 9.17) is 4.74 Å². The normalized spacial score (nSPS) is 10.1. The molecule has 0 spiro atoms. The maximum atomic E-state index is 11.3. The average Bonchev–Trinajstić information content (AvgIpc) is 2.21. The first-order chi connectivity index (χ1) is 7.17. The van der Waals surface area contributed by atoms with Crippen molar-refractivity contribution in [3.8, 4) is 0 Å². The molecule has 0 saturated carbocycles. The van der Waals surface area contributed by atoms with Crippen molar-refractivity contribution < 1.29 is 9.53 Å². The first-order valence-corrected chi connectivity index (χ1v) is 6.67. The third-order valence-corrected chi connectivity index (χ3v) is 3.36. The molecule has 0 amide bonds.